The summed E-state index contributed by atoms with van der Waals surface area (Å²) in [5.41, 5.74) is 1.70. The molecular weight excluding hydrogens is 343 g/mol. The highest BCUT2D eigenvalue weighted by Gasteiger charge is 2.32. The molecule has 7 heteroatoms. The Morgan fingerprint density at radius 3 is 2.59 bits per heavy atom. The number of unbranched alkanes of at least 4 members (excludes halogenated alkanes) is 1. The lowest BCUT2D eigenvalue weighted by atomic mass is 9.98. The monoisotopic (exact) mass is 362 g/mol. The molecule has 1 aliphatic heterocycles. The van der Waals surface area contributed by atoms with Crippen molar-refractivity contribution in [2.24, 2.45) is 0 Å². The molecule has 1 N–H and O–H groups in total. The molecule has 1 aromatic rings. The van der Waals surface area contributed by atoms with Gasteiger partial charge < -0.3 is 0 Å². The molecule has 1 aromatic carbocycles. The van der Waals surface area contributed by atoms with Crippen molar-refractivity contribution in [3.05, 3.63) is 45.6 Å². The fourth-order valence-corrected chi connectivity index (χ4v) is 4.29. The van der Waals surface area contributed by atoms with Crippen LogP contribution in [-0.4, -0.2) is 19.3 Å². The largest absolute Gasteiger partial charge is 0.301 e. The van der Waals surface area contributed by atoms with E-state index in [9.17, 15) is 8.42 Å². The van der Waals surface area contributed by atoms with E-state index in [4.69, 9.17) is 23.2 Å². The predicted molar refractivity (Wildman–Crippen MR) is 91.2 cm³/mol. The third-order valence-corrected chi connectivity index (χ3v) is 5.67. The molecule has 4 nitrogen and oxygen atoms in total. The van der Waals surface area contributed by atoms with Gasteiger partial charge in [-0.05, 0) is 36.1 Å². The smallest absolute Gasteiger partial charge is 0.265 e. The lowest BCUT2D eigenvalue weighted by Crippen LogP contribution is -2.44. The molecular formula is C15H20Cl2N2O2S. The average Bonchev–Trinajstić information content (AvgIpc) is 2.45. The Labute approximate surface area is 142 Å². The van der Waals surface area contributed by atoms with E-state index >= 15 is 0 Å². The molecule has 0 amide bonds. The van der Waals surface area contributed by atoms with Gasteiger partial charge in [0, 0.05) is 22.8 Å². The van der Waals surface area contributed by atoms with E-state index in [2.05, 4.69) is 4.72 Å². The van der Waals surface area contributed by atoms with Gasteiger partial charge in [-0.15, -0.1) is 0 Å². The van der Waals surface area contributed by atoms with Crippen molar-refractivity contribution in [1.82, 2.24) is 9.03 Å². The van der Waals surface area contributed by atoms with Crippen LogP contribution in [0.4, 0.5) is 0 Å². The Bertz CT molecular complexity index is 674. The molecule has 0 fully saturated rings. The van der Waals surface area contributed by atoms with Crippen molar-refractivity contribution in [1.29, 1.82) is 0 Å². The van der Waals surface area contributed by atoms with Crippen LogP contribution >= 0.6 is 23.2 Å². The second-order valence-corrected chi connectivity index (χ2v) is 7.74. The van der Waals surface area contributed by atoms with E-state index in [1.807, 2.05) is 13.8 Å². The molecule has 1 heterocycles. The average molecular weight is 363 g/mol. The van der Waals surface area contributed by atoms with Crippen molar-refractivity contribution in [2.75, 3.05) is 6.54 Å². The van der Waals surface area contributed by atoms with Crippen LogP contribution in [0.3, 0.4) is 0 Å². The van der Waals surface area contributed by atoms with Gasteiger partial charge in [-0.3, -0.25) is 4.31 Å². The summed E-state index contributed by atoms with van der Waals surface area (Å²) in [5, 5.41) is 0.987. The van der Waals surface area contributed by atoms with Crippen LogP contribution in [0.15, 0.2) is 30.0 Å². The zero-order chi connectivity index (χ0) is 16.3. The molecule has 1 atom stereocenters. The fraction of sp³-hybridized carbons (Fsp3) is 0.467. The number of rotatable bonds is 5. The number of hydrogen-bond donors (Lipinski definition) is 1. The van der Waals surface area contributed by atoms with Gasteiger partial charge in [-0.25, -0.2) is 0 Å². The molecule has 0 saturated heterocycles. The van der Waals surface area contributed by atoms with Crippen molar-refractivity contribution < 1.29 is 8.42 Å². The summed E-state index contributed by atoms with van der Waals surface area (Å²) < 4.78 is 28.9. The fourth-order valence-electron chi connectivity index (χ4n) is 2.41. The highest BCUT2D eigenvalue weighted by atomic mass is 35.5. The SMILES string of the molecule is CCCCN1C=C(CC)C(c2ccc(Cl)cc2Cl)NS1(=O)=O. The normalized spacial score (nSPS) is 20.8. The van der Waals surface area contributed by atoms with Crippen LogP contribution in [0.2, 0.25) is 10.0 Å². The molecule has 22 heavy (non-hydrogen) atoms. The molecule has 0 spiro atoms. The van der Waals surface area contributed by atoms with E-state index in [-0.39, 0.29) is 0 Å². The first kappa shape index (κ1) is 17.6. The maximum Gasteiger partial charge on any atom is 0.301 e. The van der Waals surface area contributed by atoms with Crippen molar-refractivity contribution in [2.45, 2.75) is 39.2 Å². The first-order chi connectivity index (χ1) is 10.4. The Balaban J connectivity index is 2.41. The maximum absolute atomic E-state index is 12.4. The second kappa shape index (κ2) is 7.21. The highest BCUT2D eigenvalue weighted by molar-refractivity contribution is 7.87. The summed E-state index contributed by atoms with van der Waals surface area (Å²) in [5.74, 6) is 0. The number of benzene rings is 1. The van der Waals surface area contributed by atoms with E-state index in [0.717, 1.165) is 30.4 Å². The molecule has 0 radical (unpaired) electrons. The minimum Gasteiger partial charge on any atom is -0.265 e. The van der Waals surface area contributed by atoms with E-state index in [1.54, 1.807) is 24.4 Å². The second-order valence-electron chi connectivity index (χ2n) is 5.24. The molecule has 122 valence electrons. The van der Waals surface area contributed by atoms with Gasteiger partial charge in [0.2, 0.25) is 0 Å². The topological polar surface area (TPSA) is 49.4 Å². The number of hydrogen-bond acceptors (Lipinski definition) is 2. The molecule has 0 aliphatic carbocycles. The molecule has 1 aliphatic rings. The van der Waals surface area contributed by atoms with Gasteiger partial charge in [0.25, 0.3) is 0 Å². The quantitative estimate of drug-likeness (QED) is 0.849. The lowest BCUT2D eigenvalue weighted by Gasteiger charge is -2.33. The maximum atomic E-state index is 12.4. The zero-order valence-electron chi connectivity index (χ0n) is 12.6. The van der Waals surface area contributed by atoms with Crippen LogP contribution in [0.25, 0.3) is 0 Å². The third kappa shape index (κ3) is 3.77. The summed E-state index contributed by atoms with van der Waals surface area (Å²) in [6, 6.07) is 4.66. The van der Waals surface area contributed by atoms with Crippen LogP contribution < -0.4 is 4.72 Å². The van der Waals surface area contributed by atoms with Gasteiger partial charge in [-0.2, -0.15) is 13.1 Å². The van der Waals surface area contributed by atoms with Gasteiger partial charge in [0.1, 0.15) is 0 Å². The summed E-state index contributed by atoms with van der Waals surface area (Å²) in [7, 11) is -3.55. The van der Waals surface area contributed by atoms with Crippen LogP contribution in [0.5, 0.6) is 0 Å². The number of halogens is 2. The predicted octanol–water partition coefficient (Wildman–Crippen LogP) is 4.28. The summed E-state index contributed by atoms with van der Waals surface area (Å²) in [6.07, 6.45) is 4.22. The van der Waals surface area contributed by atoms with Crippen molar-refractivity contribution >= 4 is 33.4 Å². The summed E-state index contributed by atoms with van der Waals surface area (Å²) in [6.45, 7) is 4.52. The molecule has 0 saturated carbocycles. The van der Waals surface area contributed by atoms with Crippen molar-refractivity contribution in [3.63, 3.8) is 0 Å². The molecule has 0 aromatic heterocycles. The molecule has 2 rings (SSSR count). The standard InChI is InChI=1S/C15H20Cl2N2O2S/c1-3-5-8-19-10-11(4-2)15(18-22(19,20)21)13-7-6-12(16)9-14(13)17/h6-7,9-10,15,18H,3-5,8H2,1-2H3. The number of nitrogens with one attached hydrogen (secondary N) is 1. The zero-order valence-corrected chi connectivity index (χ0v) is 15.0. The third-order valence-electron chi connectivity index (χ3n) is 3.67. The van der Waals surface area contributed by atoms with Crippen LogP contribution in [-0.2, 0) is 10.2 Å². The summed E-state index contributed by atoms with van der Waals surface area (Å²) >= 11 is 12.2. The van der Waals surface area contributed by atoms with E-state index in [1.165, 1.54) is 4.31 Å². The van der Waals surface area contributed by atoms with Gasteiger partial charge in [0.05, 0.1) is 6.04 Å². The minimum absolute atomic E-state index is 0.447. The molecule has 1 unspecified atom stereocenters. The van der Waals surface area contributed by atoms with Crippen molar-refractivity contribution in [3.8, 4) is 0 Å². The Morgan fingerprint density at radius 2 is 2.00 bits per heavy atom. The highest BCUT2D eigenvalue weighted by Crippen LogP contribution is 2.35. The summed E-state index contributed by atoms with van der Waals surface area (Å²) in [4.78, 5) is 0. The Kier molecular flexibility index (Phi) is 5.77. The van der Waals surface area contributed by atoms with Gasteiger partial charge in [0.15, 0.2) is 0 Å². The minimum atomic E-state index is -3.55. The first-order valence-electron chi connectivity index (χ1n) is 7.33. The van der Waals surface area contributed by atoms with Gasteiger partial charge in [-0.1, -0.05) is 49.5 Å². The molecule has 0 bridgehead atoms. The lowest BCUT2D eigenvalue weighted by molar-refractivity contribution is 0.447. The van der Waals surface area contributed by atoms with E-state index in [0.29, 0.717) is 16.6 Å². The first-order valence-corrected chi connectivity index (χ1v) is 9.53. The number of nitrogens with zero attached hydrogens (tertiary/aromatic N) is 1. The van der Waals surface area contributed by atoms with Crippen LogP contribution in [0.1, 0.15) is 44.7 Å². The Morgan fingerprint density at radius 1 is 1.27 bits per heavy atom. The van der Waals surface area contributed by atoms with Crippen LogP contribution in [0, 0.1) is 0 Å². The Hall–Kier alpha value is -0.750. The van der Waals surface area contributed by atoms with E-state index < -0.39 is 16.3 Å². The van der Waals surface area contributed by atoms with Gasteiger partial charge >= 0.3 is 10.2 Å².